The monoisotopic (exact) mass is 336 g/mol. The molecule has 0 spiro atoms. The Morgan fingerprint density at radius 2 is 1.78 bits per heavy atom. The Balaban J connectivity index is 1.95. The van der Waals surface area contributed by atoms with Gasteiger partial charge in [0.05, 0.1) is 10.4 Å². The van der Waals surface area contributed by atoms with Crippen molar-refractivity contribution in [2.75, 3.05) is 0 Å². The molecule has 0 bridgehead atoms. The standard InChI is InChI=1S/C18H12N2OS2/c21-17-16(23-18(22)19-17)11-14-10-12-6-4-5-9-15(12)20(14)13-7-2-1-3-8-13/h1-11H,(H,19,21,22). The number of hydrogen-bond donors (Lipinski definition) is 1. The van der Waals surface area contributed by atoms with Gasteiger partial charge in [0.1, 0.15) is 4.32 Å². The number of nitrogens with zero attached hydrogens (tertiary/aromatic N) is 1. The van der Waals surface area contributed by atoms with Crippen molar-refractivity contribution >= 4 is 51.2 Å². The summed E-state index contributed by atoms with van der Waals surface area (Å²) in [5.74, 6) is -0.134. The molecule has 0 saturated carbocycles. The van der Waals surface area contributed by atoms with Crippen molar-refractivity contribution in [1.82, 2.24) is 9.88 Å². The SMILES string of the molecule is O=C1NC(=S)SC1=Cc1cc2ccccc2n1-c1ccccc1. The first-order valence-electron chi connectivity index (χ1n) is 7.13. The largest absolute Gasteiger partial charge is 0.310 e. The fourth-order valence-electron chi connectivity index (χ4n) is 2.70. The number of carbonyl (C=O) groups excluding carboxylic acids is 1. The van der Waals surface area contributed by atoms with Crippen LogP contribution in [0.15, 0.2) is 65.6 Å². The third-order valence-electron chi connectivity index (χ3n) is 3.67. The minimum atomic E-state index is -0.134. The number of thioether (sulfide) groups is 1. The molecule has 1 N–H and O–H groups in total. The Bertz CT molecular complexity index is 958. The molecule has 3 nitrogen and oxygen atoms in total. The maximum Gasteiger partial charge on any atom is 0.263 e. The van der Waals surface area contributed by atoms with Crippen LogP contribution in [0.2, 0.25) is 0 Å². The summed E-state index contributed by atoms with van der Waals surface area (Å²) in [4.78, 5) is 12.6. The first-order chi connectivity index (χ1) is 11.2. The molecule has 112 valence electrons. The normalized spacial score (nSPS) is 16.3. The molecule has 0 aliphatic carbocycles. The highest BCUT2D eigenvalue weighted by Crippen LogP contribution is 2.30. The Labute approximate surface area is 143 Å². The van der Waals surface area contributed by atoms with Crippen LogP contribution in [0.4, 0.5) is 0 Å². The van der Waals surface area contributed by atoms with Gasteiger partial charge in [0, 0.05) is 16.8 Å². The summed E-state index contributed by atoms with van der Waals surface area (Å²) in [6.07, 6.45) is 1.90. The molecule has 0 radical (unpaired) electrons. The number of carbonyl (C=O) groups is 1. The maximum absolute atomic E-state index is 12.0. The zero-order valence-electron chi connectivity index (χ0n) is 12.0. The minimum absolute atomic E-state index is 0.134. The van der Waals surface area contributed by atoms with E-state index >= 15 is 0 Å². The molecule has 0 atom stereocenters. The van der Waals surface area contributed by atoms with Gasteiger partial charge in [-0.2, -0.15) is 0 Å². The Hall–Kier alpha value is -2.37. The van der Waals surface area contributed by atoms with Gasteiger partial charge in [0.2, 0.25) is 0 Å². The van der Waals surface area contributed by atoms with Gasteiger partial charge in [0.15, 0.2) is 0 Å². The maximum atomic E-state index is 12.0. The van der Waals surface area contributed by atoms with E-state index in [1.54, 1.807) is 0 Å². The van der Waals surface area contributed by atoms with Gasteiger partial charge in [-0.15, -0.1) is 0 Å². The predicted octanol–water partition coefficient (Wildman–Crippen LogP) is 4.12. The molecule has 1 saturated heterocycles. The Morgan fingerprint density at radius 3 is 2.52 bits per heavy atom. The molecule has 1 aliphatic rings. The molecule has 2 heterocycles. The van der Waals surface area contributed by atoms with Crippen LogP contribution in [-0.4, -0.2) is 14.8 Å². The first-order valence-corrected chi connectivity index (χ1v) is 8.35. The first kappa shape index (κ1) is 14.2. The van der Waals surface area contributed by atoms with Crippen LogP contribution < -0.4 is 5.32 Å². The molecule has 3 aromatic rings. The van der Waals surface area contributed by atoms with E-state index in [1.165, 1.54) is 11.8 Å². The third-order valence-corrected chi connectivity index (χ3v) is 4.84. The third kappa shape index (κ3) is 2.58. The smallest absolute Gasteiger partial charge is 0.263 e. The number of hydrogen-bond acceptors (Lipinski definition) is 3. The van der Waals surface area contributed by atoms with Crippen LogP contribution >= 0.6 is 24.0 Å². The molecule has 5 heteroatoms. The van der Waals surface area contributed by atoms with Crippen LogP contribution in [0.5, 0.6) is 0 Å². The Morgan fingerprint density at radius 1 is 1.04 bits per heavy atom. The van der Waals surface area contributed by atoms with Gasteiger partial charge >= 0.3 is 0 Å². The molecule has 1 aliphatic heterocycles. The number of thiocarbonyl (C=S) groups is 1. The van der Waals surface area contributed by atoms with Crippen LogP contribution in [0.3, 0.4) is 0 Å². The highest BCUT2D eigenvalue weighted by Gasteiger charge is 2.23. The van der Waals surface area contributed by atoms with Gasteiger partial charge in [-0.1, -0.05) is 60.4 Å². The van der Waals surface area contributed by atoms with Gasteiger partial charge in [-0.3, -0.25) is 4.79 Å². The van der Waals surface area contributed by atoms with E-state index in [0.717, 1.165) is 22.3 Å². The highest BCUT2D eigenvalue weighted by molar-refractivity contribution is 8.26. The van der Waals surface area contributed by atoms with E-state index in [2.05, 4.69) is 40.2 Å². The summed E-state index contributed by atoms with van der Waals surface area (Å²) in [7, 11) is 0. The molecule has 0 unspecified atom stereocenters. The topological polar surface area (TPSA) is 34.0 Å². The molecule has 1 amide bonds. The van der Waals surface area contributed by atoms with Crippen molar-refractivity contribution in [2.24, 2.45) is 0 Å². The average Bonchev–Trinajstić information content (AvgIpc) is 3.07. The summed E-state index contributed by atoms with van der Waals surface area (Å²) in [6, 6.07) is 20.4. The zero-order valence-corrected chi connectivity index (χ0v) is 13.7. The van der Waals surface area contributed by atoms with E-state index in [-0.39, 0.29) is 5.91 Å². The fraction of sp³-hybridized carbons (Fsp3) is 0. The predicted molar refractivity (Wildman–Crippen MR) is 99.6 cm³/mol. The highest BCUT2D eigenvalue weighted by atomic mass is 32.2. The number of fused-ring (bicyclic) bond motifs is 1. The fourth-order valence-corrected chi connectivity index (χ4v) is 3.73. The van der Waals surface area contributed by atoms with Crippen molar-refractivity contribution in [2.45, 2.75) is 0 Å². The van der Waals surface area contributed by atoms with Crippen molar-refractivity contribution < 1.29 is 4.79 Å². The van der Waals surface area contributed by atoms with Crippen molar-refractivity contribution in [1.29, 1.82) is 0 Å². The number of rotatable bonds is 2. The van der Waals surface area contributed by atoms with E-state index < -0.39 is 0 Å². The summed E-state index contributed by atoms with van der Waals surface area (Å²) >= 11 is 6.36. The van der Waals surface area contributed by atoms with E-state index in [4.69, 9.17) is 12.2 Å². The minimum Gasteiger partial charge on any atom is -0.310 e. The lowest BCUT2D eigenvalue weighted by Gasteiger charge is -2.08. The van der Waals surface area contributed by atoms with E-state index in [0.29, 0.717) is 9.23 Å². The van der Waals surface area contributed by atoms with Gasteiger partial charge in [-0.25, -0.2) is 0 Å². The van der Waals surface area contributed by atoms with Crippen molar-refractivity contribution in [3.05, 3.63) is 71.3 Å². The molecule has 4 rings (SSSR count). The van der Waals surface area contributed by atoms with Crippen LogP contribution in [0, 0.1) is 0 Å². The molecule has 1 aromatic heterocycles. The van der Waals surface area contributed by atoms with Crippen molar-refractivity contribution in [3.8, 4) is 5.69 Å². The number of para-hydroxylation sites is 2. The second-order valence-corrected chi connectivity index (χ2v) is 6.87. The van der Waals surface area contributed by atoms with Crippen LogP contribution in [0.1, 0.15) is 5.69 Å². The van der Waals surface area contributed by atoms with Crippen molar-refractivity contribution in [3.63, 3.8) is 0 Å². The molecular weight excluding hydrogens is 324 g/mol. The summed E-state index contributed by atoms with van der Waals surface area (Å²) < 4.78 is 2.65. The number of nitrogens with one attached hydrogen (secondary N) is 1. The zero-order chi connectivity index (χ0) is 15.8. The van der Waals surface area contributed by atoms with Crippen LogP contribution in [-0.2, 0) is 4.79 Å². The number of benzene rings is 2. The number of amides is 1. The Kier molecular flexibility index (Phi) is 3.52. The van der Waals surface area contributed by atoms with Gasteiger partial charge in [-0.05, 0) is 30.3 Å². The molecular formula is C18H12N2OS2. The lowest BCUT2D eigenvalue weighted by atomic mass is 10.2. The summed E-state index contributed by atoms with van der Waals surface area (Å²) in [5.41, 5.74) is 3.13. The quantitative estimate of drug-likeness (QED) is 0.565. The van der Waals surface area contributed by atoms with E-state index in [9.17, 15) is 4.79 Å². The van der Waals surface area contributed by atoms with Gasteiger partial charge < -0.3 is 9.88 Å². The molecule has 23 heavy (non-hydrogen) atoms. The number of aromatic nitrogens is 1. The molecule has 2 aromatic carbocycles. The average molecular weight is 336 g/mol. The summed E-state index contributed by atoms with van der Waals surface area (Å²) in [5, 5.41) is 3.79. The lowest BCUT2D eigenvalue weighted by molar-refractivity contribution is -0.115. The van der Waals surface area contributed by atoms with Gasteiger partial charge in [0.25, 0.3) is 5.91 Å². The summed E-state index contributed by atoms with van der Waals surface area (Å²) in [6.45, 7) is 0. The lowest BCUT2D eigenvalue weighted by Crippen LogP contribution is -2.17. The second-order valence-electron chi connectivity index (χ2n) is 5.15. The van der Waals surface area contributed by atoms with E-state index in [1.807, 2.05) is 36.4 Å². The second kappa shape index (κ2) is 5.68. The molecule has 1 fully saturated rings. The van der Waals surface area contributed by atoms with Crippen LogP contribution in [0.25, 0.3) is 22.7 Å².